The van der Waals surface area contributed by atoms with Crippen molar-refractivity contribution in [3.8, 4) is 0 Å². The van der Waals surface area contributed by atoms with Gasteiger partial charge in [-0.1, -0.05) is 26.7 Å². The van der Waals surface area contributed by atoms with Crippen LogP contribution in [0.4, 0.5) is 0 Å². The van der Waals surface area contributed by atoms with E-state index in [9.17, 15) is 5.11 Å². The van der Waals surface area contributed by atoms with E-state index < -0.39 is 0 Å². The van der Waals surface area contributed by atoms with Gasteiger partial charge in [-0.3, -0.25) is 0 Å². The summed E-state index contributed by atoms with van der Waals surface area (Å²) in [6.07, 6.45) is 7.49. The van der Waals surface area contributed by atoms with Crippen LogP contribution < -0.4 is 0 Å². The van der Waals surface area contributed by atoms with Gasteiger partial charge in [0.1, 0.15) is 0 Å². The number of hydrogen-bond donors (Lipinski definition) is 1. The molecule has 0 aromatic rings. The van der Waals surface area contributed by atoms with E-state index in [4.69, 9.17) is 0 Å². The van der Waals surface area contributed by atoms with E-state index in [2.05, 4.69) is 18.7 Å². The van der Waals surface area contributed by atoms with Crippen molar-refractivity contribution >= 4 is 0 Å². The molecule has 1 N–H and O–H groups in total. The smallest absolute Gasteiger partial charge is 0.0580 e. The largest absolute Gasteiger partial charge is 0.393 e. The molecule has 100 valence electrons. The highest BCUT2D eigenvalue weighted by atomic mass is 16.3. The number of aliphatic hydroxyl groups excluding tert-OH is 1. The molecule has 4 atom stereocenters. The minimum absolute atomic E-state index is 0.0292. The fourth-order valence-corrected chi connectivity index (χ4v) is 3.66. The third-order valence-corrected chi connectivity index (χ3v) is 5.07. The summed E-state index contributed by atoms with van der Waals surface area (Å²) >= 11 is 0. The van der Waals surface area contributed by atoms with Gasteiger partial charge in [0.25, 0.3) is 0 Å². The third-order valence-electron chi connectivity index (χ3n) is 5.07. The third kappa shape index (κ3) is 3.45. The van der Waals surface area contributed by atoms with Crippen LogP contribution in [-0.4, -0.2) is 35.7 Å². The molecule has 1 saturated carbocycles. The molecule has 4 unspecified atom stereocenters. The van der Waals surface area contributed by atoms with Crippen LogP contribution in [0.25, 0.3) is 0 Å². The number of nitrogens with zero attached hydrogens (tertiary/aromatic N) is 1. The van der Waals surface area contributed by atoms with Gasteiger partial charge in [-0.25, -0.2) is 0 Å². The van der Waals surface area contributed by atoms with E-state index >= 15 is 0 Å². The predicted molar refractivity (Wildman–Crippen MR) is 72.0 cm³/mol. The van der Waals surface area contributed by atoms with E-state index in [0.717, 1.165) is 24.8 Å². The Kier molecular flexibility index (Phi) is 4.87. The fourth-order valence-electron chi connectivity index (χ4n) is 3.66. The molecule has 1 heterocycles. The van der Waals surface area contributed by atoms with Crippen molar-refractivity contribution < 1.29 is 5.11 Å². The van der Waals surface area contributed by atoms with Crippen molar-refractivity contribution in [2.45, 2.75) is 58.5 Å². The lowest BCUT2D eigenvalue weighted by molar-refractivity contribution is 0.0300. The molecule has 2 rings (SSSR count). The second kappa shape index (κ2) is 6.19. The lowest BCUT2D eigenvalue weighted by atomic mass is 9.78. The Morgan fingerprint density at radius 3 is 2.47 bits per heavy atom. The first-order chi connectivity index (χ1) is 8.22. The van der Waals surface area contributed by atoms with E-state index in [-0.39, 0.29) is 6.10 Å². The minimum Gasteiger partial charge on any atom is -0.393 e. The van der Waals surface area contributed by atoms with Gasteiger partial charge in [0.2, 0.25) is 0 Å². The molecule has 0 radical (unpaired) electrons. The summed E-state index contributed by atoms with van der Waals surface area (Å²) in [4.78, 5) is 2.60. The Balaban J connectivity index is 1.80. The van der Waals surface area contributed by atoms with Gasteiger partial charge in [0.05, 0.1) is 6.10 Å². The lowest BCUT2D eigenvalue weighted by Crippen LogP contribution is -2.38. The SMILES string of the molecule is CCC1CCC(O)C(CN2CCC(CC)C2)C1. The zero-order valence-electron chi connectivity index (χ0n) is 11.6. The van der Waals surface area contributed by atoms with Crippen LogP contribution in [0.1, 0.15) is 52.4 Å². The first-order valence-electron chi connectivity index (χ1n) is 7.63. The summed E-state index contributed by atoms with van der Waals surface area (Å²) in [5, 5.41) is 10.1. The molecule has 1 aliphatic heterocycles. The van der Waals surface area contributed by atoms with Gasteiger partial charge in [-0.2, -0.15) is 0 Å². The zero-order valence-corrected chi connectivity index (χ0v) is 11.6. The van der Waals surface area contributed by atoms with E-state index in [1.807, 2.05) is 0 Å². The van der Waals surface area contributed by atoms with Crippen LogP contribution in [0.3, 0.4) is 0 Å². The quantitative estimate of drug-likeness (QED) is 0.815. The van der Waals surface area contributed by atoms with Gasteiger partial charge < -0.3 is 10.0 Å². The molecule has 0 aromatic carbocycles. The van der Waals surface area contributed by atoms with Crippen LogP contribution in [0.15, 0.2) is 0 Å². The van der Waals surface area contributed by atoms with E-state index in [0.29, 0.717) is 5.92 Å². The summed E-state index contributed by atoms with van der Waals surface area (Å²) in [5.74, 6) is 2.33. The maximum atomic E-state index is 10.1. The Morgan fingerprint density at radius 1 is 1.06 bits per heavy atom. The summed E-state index contributed by atoms with van der Waals surface area (Å²) in [6, 6.07) is 0. The highest BCUT2D eigenvalue weighted by Crippen LogP contribution is 2.33. The Morgan fingerprint density at radius 2 is 1.82 bits per heavy atom. The molecule has 2 fully saturated rings. The van der Waals surface area contributed by atoms with Gasteiger partial charge in [0, 0.05) is 13.1 Å². The van der Waals surface area contributed by atoms with Crippen molar-refractivity contribution in [2.24, 2.45) is 17.8 Å². The number of hydrogen-bond acceptors (Lipinski definition) is 2. The van der Waals surface area contributed by atoms with Crippen molar-refractivity contribution in [1.82, 2.24) is 4.90 Å². The monoisotopic (exact) mass is 239 g/mol. The van der Waals surface area contributed by atoms with Crippen molar-refractivity contribution in [1.29, 1.82) is 0 Å². The second-order valence-electron chi connectivity index (χ2n) is 6.24. The second-order valence-corrected chi connectivity index (χ2v) is 6.24. The average Bonchev–Trinajstić information content (AvgIpc) is 2.80. The van der Waals surface area contributed by atoms with Crippen molar-refractivity contribution in [2.75, 3.05) is 19.6 Å². The minimum atomic E-state index is -0.0292. The molecule has 2 aliphatic rings. The average molecular weight is 239 g/mol. The van der Waals surface area contributed by atoms with Gasteiger partial charge in [-0.15, -0.1) is 0 Å². The number of aliphatic hydroxyl groups is 1. The number of rotatable bonds is 4. The Labute approximate surface area is 106 Å². The van der Waals surface area contributed by atoms with Gasteiger partial charge in [0.15, 0.2) is 0 Å². The summed E-state index contributed by atoms with van der Waals surface area (Å²) < 4.78 is 0. The molecule has 1 aliphatic carbocycles. The van der Waals surface area contributed by atoms with Gasteiger partial charge >= 0.3 is 0 Å². The van der Waals surface area contributed by atoms with Gasteiger partial charge in [-0.05, 0) is 50.0 Å². The van der Waals surface area contributed by atoms with E-state index in [1.54, 1.807) is 0 Å². The Bertz CT molecular complexity index is 231. The molecular weight excluding hydrogens is 210 g/mol. The molecule has 2 heteroatoms. The topological polar surface area (TPSA) is 23.5 Å². The van der Waals surface area contributed by atoms with Crippen LogP contribution in [0.5, 0.6) is 0 Å². The molecule has 17 heavy (non-hydrogen) atoms. The first kappa shape index (κ1) is 13.4. The maximum absolute atomic E-state index is 10.1. The predicted octanol–water partition coefficient (Wildman–Crippen LogP) is 2.91. The lowest BCUT2D eigenvalue weighted by Gasteiger charge is -2.35. The van der Waals surface area contributed by atoms with Crippen LogP contribution in [-0.2, 0) is 0 Å². The molecule has 0 bridgehead atoms. The summed E-state index contributed by atoms with van der Waals surface area (Å²) in [7, 11) is 0. The molecule has 0 amide bonds. The summed E-state index contributed by atoms with van der Waals surface area (Å²) in [5.41, 5.74) is 0. The van der Waals surface area contributed by atoms with Crippen LogP contribution in [0.2, 0.25) is 0 Å². The first-order valence-corrected chi connectivity index (χ1v) is 7.63. The molecule has 1 saturated heterocycles. The molecule has 0 spiro atoms. The highest BCUT2D eigenvalue weighted by Gasteiger charge is 2.31. The van der Waals surface area contributed by atoms with Crippen molar-refractivity contribution in [3.63, 3.8) is 0 Å². The number of likely N-dealkylation sites (tertiary alicyclic amines) is 1. The van der Waals surface area contributed by atoms with Crippen LogP contribution in [0, 0.1) is 17.8 Å². The normalized spacial score (nSPS) is 39.7. The summed E-state index contributed by atoms with van der Waals surface area (Å²) in [6.45, 7) is 8.28. The maximum Gasteiger partial charge on any atom is 0.0580 e. The van der Waals surface area contributed by atoms with Crippen molar-refractivity contribution in [3.05, 3.63) is 0 Å². The fraction of sp³-hybridized carbons (Fsp3) is 1.00. The van der Waals surface area contributed by atoms with Crippen LogP contribution >= 0.6 is 0 Å². The van der Waals surface area contributed by atoms with E-state index in [1.165, 1.54) is 45.2 Å². The highest BCUT2D eigenvalue weighted by molar-refractivity contribution is 4.84. The molecule has 2 nitrogen and oxygen atoms in total. The molecule has 0 aromatic heterocycles. The Hall–Kier alpha value is -0.0800. The zero-order chi connectivity index (χ0) is 12.3. The molecular formula is C15H29NO. The standard InChI is InChI=1S/C15H29NO/c1-3-12-5-6-15(17)14(9-12)11-16-8-7-13(4-2)10-16/h12-15,17H,3-11H2,1-2H3.